The van der Waals surface area contributed by atoms with Gasteiger partial charge in [0.25, 0.3) is 11.8 Å². The van der Waals surface area contributed by atoms with Gasteiger partial charge in [-0.15, -0.1) is 16.4 Å². The highest BCUT2D eigenvalue weighted by atomic mass is 32.1. The van der Waals surface area contributed by atoms with Crippen molar-refractivity contribution in [3.05, 3.63) is 70.7 Å². The number of hydrogen-bond acceptors (Lipinski definition) is 9. The van der Waals surface area contributed by atoms with Gasteiger partial charge in [0, 0.05) is 42.8 Å². The number of rotatable bonds is 4. The first-order valence-corrected chi connectivity index (χ1v) is 11.9. The average Bonchev–Trinajstić information content (AvgIpc) is 3.62. The van der Waals surface area contributed by atoms with Crippen molar-refractivity contribution in [2.24, 2.45) is 0 Å². The average molecular weight is 486 g/mol. The van der Waals surface area contributed by atoms with Gasteiger partial charge in [0.05, 0.1) is 16.5 Å². The number of benzene rings is 2. The highest BCUT2D eigenvalue weighted by Gasteiger charge is 2.26. The highest BCUT2D eigenvalue weighted by Crippen LogP contribution is 2.23. The first-order valence-electron chi connectivity index (χ1n) is 11.0. The maximum Gasteiger partial charge on any atom is 0.273 e. The Morgan fingerprint density at radius 3 is 2.40 bits per heavy atom. The number of aromatic nitrogens is 6. The van der Waals surface area contributed by atoms with Crippen molar-refractivity contribution < 1.29 is 9.59 Å². The maximum atomic E-state index is 13.0. The van der Waals surface area contributed by atoms with Crippen molar-refractivity contribution in [1.29, 1.82) is 0 Å². The van der Waals surface area contributed by atoms with Crippen LogP contribution in [0.2, 0.25) is 0 Å². The third-order valence-electron chi connectivity index (χ3n) is 5.92. The third-order valence-corrected chi connectivity index (χ3v) is 6.51. The van der Waals surface area contributed by atoms with E-state index in [9.17, 15) is 9.59 Å². The highest BCUT2D eigenvalue weighted by molar-refractivity contribution is 7.07. The molecule has 1 aliphatic heterocycles. The van der Waals surface area contributed by atoms with Crippen molar-refractivity contribution >= 4 is 51.3 Å². The Morgan fingerprint density at radius 1 is 0.914 bits per heavy atom. The van der Waals surface area contributed by atoms with Crippen LogP contribution < -0.4 is 5.32 Å². The number of para-hydroxylation sites is 2. The van der Waals surface area contributed by atoms with Crippen LogP contribution in [0.5, 0.6) is 0 Å². The zero-order valence-corrected chi connectivity index (χ0v) is 19.2. The molecule has 35 heavy (non-hydrogen) atoms. The van der Waals surface area contributed by atoms with E-state index in [1.807, 2.05) is 36.4 Å². The van der Waals surface area contributed by atoms with Crippen LogP contribution in [0, 0.1) is 0 Å². The minimum absolute atomic E-state index is 0.0646. The van der Waals surface area contributed by atoms with Gasteiger partial charge < -0.3 is 15.1 Å². The molecule has 12 heteroatoms. The molecule has 2 aromatic carbocycles. The fourth-order valence-corrected chi connectivity index (χ4v) is 4.62. The van der Waals surface area contributed by atoms with E-state index in [0.29, 0.717) is 48.9 Å². The second kappa shape index (κ2) is 8.72. The van der Waals surface area contributed by atoms with Crippen LogP contribution >= 0.6 is 11.3 Å². The molecule has 0 spiro atoms. The molecule has 0 saturated carbocycles. The van der Waals surface area contributed by atoms with Gasteiger partial charge in [-0.05, 0) is 46.8 Å². The lowest BCUT2D eigenvalue weighted by molar-refractivity contribution is 0.0533. The van der Waals surface area contributed by atoms with E-state index in [0.717, 1.165) is 16.7 Å². The Morgan fingerprint density at radius 2 is 1.66 bits per heavy atom. The molecule has 0 aliphatic carbocycles. The lowest BCUT2D eigenvalue weighted by Gasteiger charge is -2.34. The van der Waals surface area contributed by atoms with Gasteiger partial charge in [-0.3, -0.25) is 9.59 Å². The number of nitrogens with zero attached hydrogens (tertiary/aromatic N) is 8. The molecule has 3 aromatic heterocycles. The number of fused-ring (bicyclic) bond motifs is 3. The van der Waals surface area contributed by atoms with E-state index >= 15 is 0 Å². The monoisotopic (exact) mass is 485 g/mol. The molecule has 0 unspecified atom stereocenters. The molecule has 1 saturated heterocycles. The zero-order valence-electron chi connectivity index (χ0n) is 18.4. The number of piperazine rings is 1. The first-order chi connectivity index (χ1) is 17.2. The zero-order chi connectivity index (χ0) is 23.8. The molecule has 5 aromatic rings. The molecule has 0 bridgehead atoms. The van der Waals surface area contributed by atoms with Crippen LogP contribution in [0.3, 0.4) is 0 Å². The molecule has 0 radical (unpaired) electrons. The number of thiazole rings is 1. The fourth-order valence-electron chi connectivity index (χ4n) is 4.10. The second-order valence-electron chi connectivity index (χ2n) is 8.02. The summed E-state index contributed by atoms with van der Waals surface area (Å²) >= 11 is 1.39. The van der Waals surface area contributed by atoms with Crippen LogP contribution in [-0.4, -0.2) is 77.8 Å². The molecular formula is C23H19N9O2S. The molecule has 174 valence electrons. The first kappa shape index (κ1) is 21.1. The number of hydrogen-bond donors (Lipinski definition) is 1. The maximum absolute atomic E-state index is 13.0. The Hall–Kier alpha value is -4.45. The summed E-state index contributed by atoms with van der Waals surface area (Å²) in [5.41, 5.74) is 5.52. The summed E-state index contributed by atoms with van der Waals surface area (Å²) in [5.74, 6) is 0.368. The van der Waals surface area contributed by atoms with Gasteiger partial charge >= 0.3 is 0 Å². The van der Waals surface area contributed by atoms with Gasteiger partial charge in [0.15, 0.2) is 5.82 Å². The predicted octanol–water partition coefficient (Wildman–Crippen LogP) is 2.47. The molecule has 1 N–H and O–H groups in total. The number of tetrazole rings is 1. The van der Waals surface area contributed by atoms with E-state index in [2.05, 4.69) is 30.8 Å². The van der Waals surface area contributed by atoms with E-state index in [1.165, 1.54) is 11.3 Å². The minimum atomic E-state index is -0.0898. The molecule has 11 nitrogen and oxygen atoms in total. The van der Waals surface area contributed by atoms with E-state index < -0.39 is 0 Å². The third kappa shape index (κ3) is 3.93. The molecular weight excluding hydrogens is 466 g/mol. The van der Waals surface area contributed by atoms with Crippen LogP contribution in [0.1, 0.15) is 20.8 Å². The lowest BCUT2D eigenvalue weighted by atomic mass is 10.1. The van der Waals surface area contributed by atoms with Crippen LogP contribution in [0.4, 0.5) is 11.5 Å². The molecule has 4 heterocycles. The fraction of sp³-hybridized carbons (Fsp3) is 0.174. The van der Waals surface area contributed by atoms with Crippen molar-refractivity contribution in [1.82, 2.24) is 39.8 Å². The Kier molecular flexibility index (Phi) is 5.26. The summed E-state index contributed by atoms with van der Waals surface area (Å²) in [5, 5.41) is 16.9. The van der Waals surface area contributed by atoms with Gasteiger partial charge in [0.2, 0.25) is 5.65 Å². The normalized spacial score (nSPS) is 13.9. The predicted molar refractivity (Wildman–Crippen MR) is 130 cm³/mol. The van der Waals surface area contributed by atoms with Crippen molar-refractivity contribution in [2.45, 2.75) is 0 Å². The largest absolute Gasteiger partial charge is 0.337 e. The molecule has 6 rings (SSSR count). The standard InChI is InChI=1S/C23H19N9O2S/c33-22(30-9-11-31(12-10-30)23(34)18-13-35-14-24-18)15-5-7-16(8-6-15)25-20-21-27-28-29-32(21)19-4-2-1-3-17(19)26-20/h1-8,13-14H,9-12H2,(H,25,26). The van der Waals surface area contributed by atoms with Crippen molar-refractivity contribution in [2.75, 3.05) is 31.5 Å². The second-order valence-corrected chi connectivity index (χ2v) is 8.74. The number of anilines is 2. The van der Waals surface area contributed by atoms with Crippen LogP contribution in [0.15, 0.2) is 59.4 Å². The minimum Gasteiger partial charge on any atom is -0.337 e. The molecule has 1 aliphatic rings. The number of carbonyl (C=O) groups excluding carboxylic acids is 2. The van der Waals surface area contributed by atoms with Crippen molar-refractivity contribution in [3.8, 4) is 0 Å². The van der Waals surface area contributed by atoms with Crippen LogP contribution in [-0.2, 0) is 0 Å². The summed E-state index contributed by atoms with van der Waals surface area (Å²) in [6, 6.07) is 14.8. The topological polar surface area (TPSA) is 122 Å². The smallest absolute Gasteiger partial charge is 0.273 e. The van der Waals surface area contributed by atoms with Crippen molar-refractivity contribution in [3.63, 3.8) is 0 Å². The summed E-state index contributed by atoms with van der Waals surface area (Å²) in [6.45, 7) is 1.93. The summed E-state index contributed by atoms with van der Waals surface area (Å²) < 4.78 is 1.64. The van der Waals surface area contributed by atoms with Gasteiger partial charge in [-0.25, -0.2) is 9.97 Å². The quantitative estimate of drug-likeness (QED) is 0.412. The number of amides is 2. The summed E-state index contributed by atoms with van der Waals surface area (Å²) in [6.07, 6.45) is 0. The van der Waals surface area contributed by atoms with Gasteiger partial charge in [-0.1, -0.05) is 12.1 Å². The Labute approximate surface area is 203 Å². The Bertz CT molecular complexity index is 1520. The van der Waals surface area contributed by atoms with Crippen LogP contribution in [0.25, 0.3) is 16.7 Å². The lowest BCUT2D eigenvalue weighted by Crippen LogP contribution is -2.50. The van der Waals surface area contributed by atoms with Gasteiger partial charge in [-0.2, -0.15) is 4.52 Å². The number of carbonyl (C=O) groups is 2. The SMILES string of the molecule is O=C(c1ccc(Nc2nc3ccccc3n3nnnc23)cc1)N1CCN(C(=O)c2cscn2)CC1. The molecule has 1 fully saturated rings. The summed E-state index contributed by atoms with van der Waals surface area (Å²) in [7, 11) is 0. The molecule has 0 atom stereocenters. The van der Waals surface area contributed by atoms with E-state index in [4.69, 9.17) is 0 Å². The van der Waals surface area contributed by atoms with E-state index in [1.54, 1.807) is 37.3 Å². The molecule has 2 amide bonds. The van der Waals surface area contributed by atoms with Gasteiger partial charge in [0.1, 0.15) is 5.69 Å². The van der Waals surface area contributed by atoms with E-state index in [-0.39, 0.29) is 11.8 Å². The Balaban J connectivity index is 1.14. The number of nitrogens with one attached hydrogen (secondary N) is 1. The summed E-state index contributed by atoms with van der Waals surface area (Å²) in [4.78, 5) is 37.7.